The SMILES string of the molecule is CN(C)c1ncc(-c2ccc(F)cc2)c(C2CCN(C(=O)C[C@@H]3CCCO3)CC2)n1. The molecule has 0 aliphatic carbocycles. The third-order valence-corrected chi connectivity index (χ3v) is 6.02. The summed E-state index contributed by atoms with van der Waals surface area (Å²) in [4.78, 5) is 25.8. The van der Waals surface area contributed by atoms with E-state index in [2.05, 4.69) is 4.98 Å². The molecule has 1 aromatic heterocycles. The van der Waals surface area contributed by atoms with Crippen LogP contribution >= 0.6 is 0 Å². The average molecular weight is 413 g/mol. The number of ether oxygens (including phenoxy) is 1. The van der Waals surface area contributed by atoms with Crippen LogP contribution in [0.25, 0.3) is 11.1 Å². The first-order chi connectivity index (χ1) is 14.5. The Morgan fingerprint density at radius 2 is 1.93 bits per heavy atom. The highest BCUT2D eigenvalue weighted by molar-refractivity contribution is 5.77. The summed E-state index contributed by atoms with van der Waals surface area (Å²) in [6, 6.07) is 6.47. The summed E-state index contributed by atoms with van der Waals surface area (Å²) in [6.45, 7) is 2.22. The monoisotopic (exact) mass is 412 g/mol. The first-order valence-corrected chi connectivity index (χ1v) is 10.7. The highest BCUT2D eigenvalue weighted by Crippen LogP contribution is 2.35. The highest BCUT2D eigenvalue weighted by Gasteiger charge is 2.29. The molecule has 1 atom stereocenters. The van der Waals surface area contributed by atoms with Gasteiger partial charge in [-0.25, -0.2) is 14.4 Å². The van der Waals surface area contributed by atoms with Gasteiger partial charge in [-0.05, 0) is 43.4 Å². The first kappa shape index (κ1) is 20.7. The standard InChI is InChI=1S/C23H29FN4O2/c1-27(2)23-25-15-20(16-5-7-18(24)8-6-16)22(26-23)17-9-11-28(12-10-17)21(29)14-19-4-3-13-30-19/h5-8,15,17,19H,3-4,9-14H2,1-2H3/t19-/m0/s1. The normalized spacial score (nSPS) is 19.8. The van der Waals surface area contributed by atoms with Gasteiger partial charge in [0.1, 0.15) is 5.82 Å². The van der Waals surface area contributed by atoms with Crippen molar-refractivity contribution in [3.8, 4) is 11.1 Å². The van der Waals surface area contributed by atoms with Crippen molar-refractivity contribution in [2.24, 2.45) is 0 Å². The summed E-state index contributed by atoms with van der Waals surface area (Å²) in [6.07, 6.45) is 6.16. The minimum absolute atomic E-state index is 0.0878. The van der Waals surface area contributed by atoms with E-state index in [1.54, 1.807) is 12.1 Å². The molecule has 1 aromatic carbocycles. The fourth-order valence-corrected chi connectivity index (χ4v) is 4.30. The van der Waals surface area contributed by atoms with Crippen molar-refractivity contribution in [1.29, 1.82) is 0 Å². The number of amides is 1. The fourth-order valence-electron chi connectivity index (χ4n) is 4.30. The zero-order valence-corrected chi connectivity index (χ0v) is 17.7. The maximum absolute atomic E-state index is 13.4. The van der Waals surface area contributed by atoms with Crippen LogP contribution in [0.5, 0.6) is 0 Å². The van der Waals surface area contributed by atoms with Gasteiger partial charge in [0.25, 0.3) is 0 Å². The molecule has 1 amide bonds. The van der Waals surface area contributed by atoms with E-state index in [-0.39, 0.29) is 23.7 Å². The number of hydrogen-bond acceptors (Lipinski definition) is 5. The number of benzene rings is 1. The summed E-state index contributed by atoms with van der Waals surface area (Å²) in [7, 11) is 3.84. The molecule has 3 heterocycles. The molecule has 2 aliphatic rings. The van der Waals surface area contributed by atoms with E-state index in [1.165, 1.54) is 12.1 Å². The average Bonchev–Trinajstić information content (AvgIpc) is 3.27. The molecular weight excluding hydrogens is 383 g/mol. The molecule has 0 radical (unpaired) electrons. The van der Waals surface area contributed by atoms with Crippen LogP contribution < -0.4 is 4.90 Å². The molecule has 6 nitrogen and oxygen atoms in total. The second-order valence-electron chi connectivity index (χ2n) is 8.36. The lowest BCUT2D eigenvalue weighted by molar-refractivity contribution is -0.134. The van der Waals surface area contributed by atoms with Gasteiger partial charge in [-0.1, -0.05) is 12.1 Å². The maximum atomic E-state index is 13.4. The van der Waals surface area contributed by atoms with Crippen LogP contribution in [-0.2, 0) is 9.53 Å². The predicted molar refractivity (Wildman–Crippen MR) is 114 cm³/mol. The Bertz CT molecular complexity index is 873. The van der Waals surface area contributed by atoms with Crippen LogP contribution in [0.2, 0.25) is 0 Å². The van der Waals surface area contributed by atoms with Gasteiger partial charge in [-0.2, -0.15) is 0 Å². The molecule has 4 rings (SSSR count). The molecule has 160 valence electrons. The van der Waals surface area contributed by atoms with Crippen molar-refractivity contribution in [2.45, 2.75) is 44.1 Å². The summed E-state index contributed by atoms with van der Waals surface area (Å²) in [5, 5.41) is 0. The van der Waals surface area contributed by atoms with Crippen LogP contribution in [0.15, 0.2) is 30.5 Å². The number of aromatic nitrogens is 2. The number of halogens is 1. The number of likely N-dealkylation sites (tertiary alicyclic amines) is 1. The van der Waals surface area contributed by atoms with E-state index < -0.39 is 0 Å². The van der Waals surface area contributed by atoms with Crippen molar-refractivity contribution in [2.75, 3.05) is 38.7 Å². The summed E-state index contributed by atoms with van der Waals surface area (Å²) in [5.74, 6) is 0.825. The Morgan fingerprint density at radius 3 is 2.57 bits per heavy atom. The number of piperidine rings is 1. The number of carbonyl (C=O) groups excluding carboxylic acids is 1. The number of nitrogens with zero attached hydrogens (tertiary/aromatic N) is 4. The number of anilines is 1. The van der Waals surface area contributed by atoms with E-state index in [1.807, 2.05) is 30.1 Å². The van der Waals surface area contributed by atoms with Gasteiger partial charge in [0.15, 0.2) is 0 Å². The van der Waals surface area contributed by atoms with Crippen LogP contribution in [0, 0.1) is 5.82 Å². The topological polar surface area (TPSA) is 58.6 Å². The Hall–Kier alpha value is -2.54. The zero-order chi connectivity index (χ0) is 21.1. The van der Waals surface area contributed by atoms with Crippen molar-refractivity contribution >= 4 is 11.9 Å². The van der Waals surface area contributed by atoms with Crippen molar-refractivity contribution in [3.05, 3.63) is 42.0 Å². The number of carbonyl (C=O) groups is 1. The van der Waals surface area contributed by atoms with Gasteiger partial charge in [0, 0.05) is 51.5 Å². The highest BCUT2D eigenvalue weighted by atomic mass is 19.1. The van der Waals surface area contributed by atoms with Gasteiger partial charge in [0.05, 0.1) is 18.2 Å². The molecule has 0 spiro atoms. The van der Waals surface area contributed by atoms with E-state index in [0.717, 1.165) is 62.2 Å². The second kappa shape index (κ2) is 9.08. The van der Waals surface area contributed by atoms with E-state index >= 15 is 0 Å². The Labute approximate surface area is 177 Å². The van der Waals surface area contributed by atoms with Gasteiger partial charge in [0.2, 0.25) is 11.9 Å². The lowest BCUT2D eigenvalue weighted by Crippen LogP contribution is -2.39. The fraction of sp³-hybridized carbons (Fsp3) is 0.522. The summed E-state index contributed by atoms with van der Waals surface area (Å²) >= 11 is 0. The largest absolute Gasteiger partial charge is 0.378 e. The zero-order valence-electron chi connectivity index (χ0n) is 17.7. The number of hydrogen-bond donors (Lipinski definition) is 0. The van der Waals surface area contributed by atoms with Crippen molar-refractivity contribution in [3.63, 3.8) is 0 Å². The van der Waals surface area contributed by atoms with Gasteiger partial charge in [-0.3, -0.25) is 4.79 Å². The summed E-state index contributed by atoms with van der Waals surface area (Å²) < 4.78 is 19.0. The summed E-state index contributed by atoms with van der Waals surface area (Å²) in [5.41, 5.74) is 2.82. The second-order valence-corrected chi connectivity index (χ2v) is 8.36. The molecule has 30 heavy (non-hydrogen) atoms. The van der Waals surface area contributed by atoms with Crippen LogP contribution in [-0.4, -0.2) is 60.7 Å². The van der Waals surface area contributed by atoms with E-state index in [4.69, 9.17) is 9.72 Å². The predicted octanol–water partition coefficient (Wildman–Crippen LogP) is 3.62. The molecule has 0 saturated carbocycles. The molecule has 0 unspecified atom stereocenters. The molecule has 2 aromatic rings. The molecular formula is C23H29FN4O2. The first-order valence-electron chi connectivity index (χ1n) is 10.7. The molecule has 2 fully saturated rings. The molecule has 2 saturated heterocycles. The minimum Gasteiger partial charge on any atom is -0.378 e. The smallest absolute Gasteiger partial charge is 0.225 e. The lowest BCUT2D eigenvalue weighted by Gasteiger charge is -2.33. The minimum atomic E-state index is -0.260. The Balaban J connectivity index is 1.50. The van der Waals surface area contributed by atoms with E-state index in [0.29, 0.717) is 12.4 Å². The third kappa shape index (κ3) is 4.61. The molecule has 2 aliphatic heterocycles. The van der Waals surface area contributed by atoms with Gasteiger partial charge < -0.3 is 14.5 Å². The number of rotatable bonds is 5. The van der Waals surface area contributed by atoms with Crippen LogP contribution in [0.1, 0.15) is 43.7 Å². The van der Waals surface area contributed by atoms with E-state index in [9.17, 15) is 9.18 Å². The Kier molecular flexibility index (Phi) is 6.27. The molecule has 0 N–H and O–H groups in total. The quantitative estimate of drug-likeness (QED) is 0.751. The van der Waals surface area contributed by atoms with Crippen molar-refractivity contribution in [1.82, 2.24) is 14.9 Å². The Morgan fingerprint density at radius 1 is 1.20 bits per heavy atom. The lowest BCUT2D eigenvalue weighted by atomic mass is 9.88. The van der Waals surface area contributed by atoms with Gasteiger partial charge in [-0.15, -0.1) is 0 Å². The van der Waals surface area contributed by atoms with Crippen molar-refractivity contribution < 1.29 is 13.9 Å². The molecule has 0 bridgehead atoms. The molecule has 7 heteroatoms. The van der Waals surface area contributed by atoms with Crippen LogP contribution in [0.3, 0.4) is 0 Å². The van der Waals surface area contributed by atoms with Crippen LogP contribution in [0.4, 0.5) is 10.3 Å². The van der Waals surface area contributed by atoms with Gasteiger partial charge >= 0.3 is 0 Å². The maximum Gasteiger partial charge on any atom is 0.225 e. The third-order valence-electron chi connectivity index (χ3n) is 6.02.